The van der Waals surface area contributed by atoms with Gasteiger partial charge in [0.1, 0.15) is 23.6 Å². The van der Waals surface area contributed by atoms with Gasteiger partial charge < -0.3 is 16.2 Å². The van der Waals surface area contributed by atoms with E-state index in [2.05, 4.69) is 9.97 Å². The van der Waals surface area contributed by atoms with Gasteiger partial charge in [0.15, 0.2) is 5.15 Å². The lowest BCUT2D eigenvalue weighted by molar-refractivity contribution is 0.0996. The highest BCUT2D eigenvalue weighted by molar-refractivity contribution is 6.32. The van der Waals surface area contributed by atoms with E-state index < -0.39 is 11.7 Å². The van der Waals surface area contributed by atoms with Crippen LogP contribution in [0.25, 0.3) is 0 Å². The maximum Gasteiger partial charge on any atom is 0.251 e. The summed E-state index contributed by atoms with van der Waals surface area (Å²) in [5.41, 5.74) is 10.4. The van der Waals surface area contributed by atoms with Crippen LogP contribution in [0.15, 0.2) is 24.5 Å². The Balaban J connectivity index is 2.32. The molecule has 4 N–H and O–H groups in total. The van der Waals surface area contributed by atoms with Gasteiger partial charge in [0.25, 0.3) is 5.91 Å². The first-order valence-electron chi connectivity index (χ1n) is 5.02. The highest BCUT2D eigenvalue weighted by Crippen LogP contribution is 2.29. The Morgan fingerprint density at radius 3 is 2.74 bits per heavy atom. The standard InChI is InChI=1S/C11H8ClFN4O2/c12-9-8(14)11(17-4-16-9)19-5-1-2-6(10(15)18)7(13)3-5/h1-4H,14H2,(H2,15,18). The molecule has 0 atom stereocenters. The SMILES string of the molecule is NC(=O)c1ccc(Oc2ncnc(Cl)c2N)cc1F. The molecule has 0 unspecified atom stereocenters. The molecule has 0 aliphatic heterocycles. The van der Waals surface area contributed by atoms with E-state index in [1.165, 1.54) is 12.1 Å². The number of carbonyl (C=O) groups is 1. The molecule has 1 aromatic heterocycles. The molecule has 1 amide bonds. The van der Waals surface area contributed by atoms with Gasteiger partial charge >= 0.3 is 0 Å². The number of hydrogen-bond acceptors (Lipinski definition) is 5. The Bertz CT molecular complexity index is 651. The number of nitrogens with two attached hydrogens (primary N) is 2. The molecule has 2 aromatic rings. The largest absolute Gasteiger partial charge is 0.437 e. The molecule has 0 saturated carbocycles. The highest BCUT2D eigenvalue weighted by Gasteiger charge is 2.12. The van der Waals surface area contributed by atoms with E-state index in [4.69, 9.17) is 27.8 Å². The van der Waals surface area contributed by atoms with Crippen molar-refractivity contribution in [1.82, 2.24) is 9.97 Å². The number of rotatable bonds is 3. The van der Waals surface area contributed by atoms with Crippen LogP contribution in [0.2, 0.25) is 5.15 Å². The van der Waals surface area contributed by atoms with Crippen molar-refractivity contribution in [2.75, 3.05) is 5.73 Å². The van der Waals surface area contributed by atoms with Crippen LogP contribution in [0.1, 0.15) is 10.4 Å². The number of aromatic nitrogens is 2. The summed E-state index contributed by atoms with van der Waals surface area (Å²) in [6.45, 7) is 0. The third kappa shape index (κ3) is 2.71. The van der Waals surface area contributed by atoms with Crippen LogP contribution in [0.3, 0.4) is 0 Å². The summed E-state index contributed by atoms with van der Waals surface area (Å²) in [7, 11) is 0. The number of carbonyl (C=O) groups excluding carboxylic acids is 1. The minimum atomic E-state index is -0.867. The predicted molar refractivity (Wildman–Crippen MR) is 66.4 cm³/mol. The highest BCUT2D eigenvalue weighted by atomic mass is 35.5. The predicted octanol–water partition coefficient (Wildman–Crippen LogP) is 1.74. The van der Waals surface area contributed by atoms with Gasteiger partial charge in [0.2, 0.25) is 5.88 Å². The summed E-state index contributed by atoms with van der Waals surface area (Å²) in [6, 6.07) is 3.56. The van der Waals surface area contributed by atoms with Crippen LogP contribution >= 0.6 is 11.6 Å². The Kier molecular flexibility index (Phi) is 3.48. The van der Waals surface area contributed by atoms with Crippen LogP contribution in [0.4, 0.5) is 10.1 Å². The van der Waals surface area contributed by atoms with Gasteiger partial charge in [-0.05, 0) is 12.1 Å². The first kappa shape index (κ1) is 13.0. The van der Waals surface area contributed by atoms with Crippen molar-refractivity contribution >= 4 is 23.2 Å². The summed E-state index contributed by atoms with van der Waals surface area (Å²) < 4.78 is 18.8. The Morgan fingerprint density at radius 2 is 2.11 bits per heavy atom. The maximum absolute atomic E-state index is 13.5. The molecule has 8 heteroatoms. The van der Waals surface area contributed by atoms with Crippen molar-refractivity contribution < 1.29 is 13.9 Å². The van der Waals surface area contributed by atoms with Crippen LogP contribution in [0.5, 0.6) is 11.6 Å². The average Bonchev–Trinajstić information content (AvgIpc) is 2.34. The van der Waals surface area contributed by atoms with Gasteiger partial charge in [-0.25, -0.2) is 9.37 Å². The lowest BCUT2D eigenvalue weighted by atomic mass is 10.2. The van der Waals surface area contributed by atoms with E-state index >= 15 is 0 Å². The smallest absolute Gasteiger partial charge is 0.251 e. The van der Waals surface area contributed by atoms with Gasteiger partial charge in [0.05, 0.1) is 5.56 Å². The monoisotopic (exact) mass is 282 g/mol. The molecule has 0 spiro atoms. The van der Waals surface area contributed by atoms with E-state index in [0.29, 0.717) is 0 Å². The second-order valence-electron chi connectivity index (χ2n) is 3.49. The number of nitrogens with zero attached hydrogens (tertiary/aromatic N) is 2. The van der Waals surface area contributed by atoms with Crippen molar-refractivity contribution in [3.63, 3.8) is 0 Å². The third-order valence-corrected chi connectivity index (χ3v) is 2.52. The number of ether oxygens (including phenoxy) is 1. The molecule has 98 valence electrons. The molecule has 2 rings (SSSR count). The van der Waals surface area contributed by atoms with Gasteiger partial charge in [-0.3, -0.25) is 4.79 Å². The van der Waals surface area contributed by atoms with Crippen molar-refractivity contribution in [1.29, 1.82) is 0 Å². The maximum atomic E-state index is 13.5. The zero-order chi connectivity index (χ0) is 14.0. The van der Waals surface area contributed by atoms with Crippen LogP contribution in [0, 0.1) is 5.82 Å². The lowest BCUT2D eigenvalue weighted by Gasteiger charge is -2.08. The van der Waals surface area contributed by atoms with Crippen molar-refractivity contribution in [2.45, 2.75) is 0 Å². The molecule has 0 aliphatic carbocycles. The molecule has 0 bridgehead atoms. The fourth-order valence-electron chi connectivity index (χ4n) is 1.31. The number of hydrogen-bond donors (Lipinski definition) is 2. The number of primary amides is 1. The van der Waals surface area contributed by atoms with Gasteiger partial charge in [0, 0.05) is 6.07 Å². The molecular formula is C11H8ClFN4O2. The summed E-state index contributed by atoms with van der Waals surface area (Å²) in [4.78, 5) is 18.3. The van der Waals surface area contributed by atoms with E-state index in [9.17, 15) is 9.18 Å². The molecule has 0 saturated heterocycles. The van der Waals surface area contributed by atoms with E-state index in [-0.39, 0.29) is 28.0 Å². The van der Waals surface area contributed by atoms with E-state index in [0.717, 1.165) is 12.4 Å². The minimum Gasteiger partial charge on any atom is -0.437 e. The van der Waals surface area contributed by atoms with E-state index in [1.807, 2.05) is 0 Å². The minimum absolute atomic E-state index is 0.00812. The zero-order valence-electron chi connectivity index (χ0n) is 9.43. The molecule has 1 heterocycles. The summed E-state index contributed by atoms with van der Waals surface area (Å²) in [5.74, 6) is -1.58. The molecule has 19 heavy (non-hydrogen) atoms. The Hall–Kier alpha value is -2.41. The Labute approximate surface area is 112 Å². The molecule has 0 fully saturated rings. The molecule has 0 aliphatic rings. The number of nitrogen functional groups attached to an aromatic ring is 1. The number of benzene rings is 1. The van der Waals surface area contributed by atoms with Crippen molar-refractivity contribution in [3.05, 3.63) is 41.1 Å². The van der Waals surface area contributed by atoms with Crippen LogP contribution in [-0.4, -0.2) is 15.9 Å². The third-order valence-electron chi connectivity index (χ3n) is 2.22. The molecule has 0 radical (unpaired) electrons. The average molecular weight is 283 g/mol. The molecule has 1 aromatic carbocycles. The van der Waals surface area contributed by atoms with Gasteiger partial charge in [-0.1, -0.05) is 11.6 Å². The van der Waals surface area contributed by atoms with E-state index in [1.54, 1.807) is 0 Å². The van der Waals surface area contributed by atoms with Gasteiger partial charge in [-0.2, -0.15) is 4.98 Å². The quantitative estimate of drug-likeness (QED) is 0.835. The number of halogens is 2. The van der Waals surface area contributed by atoms with Crippen LogP contribution in [-0.2, 0) is 0 Å². The van der Waals surface area contributed by atoms with Crippen molar-refractivity contribution in [2.24, 2.45) is 5.73 Å². The summed E-state index contributed by atoms with van der Waals surface area (Å²) in [5, 5.41) is 0.0271. The molecule has 6 nitrogen and oxygen atoms in total. The number of amides is 1. The zero-order valence-corrected chi connectivity index (χ0v) is 10.2. The fourth-order valence-corrected chi connectivity index (χ4v) is 1.44. The first-order chi connectivity index (χ1) is 8.99. The van der Waals surface area contributed by atoms with Crippen LogP contribution < -0.4 is 16.2 Å². The summed E-state index contributed by atoms with van der Waals surface area (Å²) >= 11 is 5.69. The first-order valence-corrected chi connectivity index (χ1v) is 5.40. The second kappa shape index (κ2) is 5.07. The summed E-state index contributed by atoms with van der Waals surface area (Å²) in [6.07, 6.45) is 1.15. The fraction of sp³-hybridized carbons (Fsp3) is 0. The lowest BCUT2D eigenvalue weighted by Crippen LogP contribution is -2.12. The normalized spacial score (nSPS) is 10.2. The number of anilines is 1. The Morgan fingerprint density at radius 1 is 1.37 bits per heavy atom. The topological polar surface area (TPSA) is 104 Å². The molecular weight excluding hydrogens is 275 g/mol. The second-order valence-corrected chi connectivity index (χ2v) is 3.85. The van der Waals surface area contributed by atoms with Crippen molar-refractivity contribution in [3.8, 4) is 11.6 Å². The van der Waals surface area contributed by atoms with Gasteiger partial charge in [-0.15, -0.1) is 0 Å².